The molecule has 1 aromatic carbocycles. The highest BCUT2D eigenvalue weighted by atomic mass is 35.5. The van der Waals surface area contributed by atoms with Gasteiger partial charge in [-0.05, 0) is 31.0 Å². The molecule has 1 aromatic heterocycles. The third kappa shape index (κ3) is 2.34. The Labute approximate surface area is 105 Å². The lowest BCUT2D eigenvalue weighted by molar-refractivity contribution is 0.630. The average molecular weight is 253 g/mol. The summed E-state index contributed by atoms with van der Waals surface area (Å²) in [6, 6.07) is 5.00. The Morgan fingerprint density at radius 3 is 2.71 bits per heavy atom. The number of pyridine rings is 1. The quantitative estimate of drug-likeness (QED) is 0.892. The summed E-state index contributed by atoms with van der Waals surface area (Å²) in [4.78, 5) is 4.43. The van der Waals surface area contributed by atoms with Crippen LogP contribution in [0.5, 0.6) is 0 Å². The van der Waals surface area contributed by atoms with Crippen LogP contribution in [-0.4, -0.2) is 11.5 Å². The van der Waals surface area contributed by atoms with E-state index in [0.717, 1.165) is 29.7 Å². The molecule has 0 spiro atoms. The second-order valence-corrected chi connectivity index (χ2v) is 4.25. The summed E-state index contributed by atoms with van der Waals surface area (Å²) in [5, 5.41) is 4.19. The summed E-state index contributed by atoms with van der Waals surface area (Å²) in [6.07, 6.45) is 0.875. The third-order valence-electron chi connectivity index (χ3n) is 2.66. The zero-order chi connectivity index (χ0) is 12.4. The van der Waals surface area contributed by atoms with Crippen LogP contribution in [0.25, 0.3) is 10.9 Å². The van der Waals surface area contributed by atoms with Crippen LogP contribution >= 0.6 is 11.6 Å². The van der Waals surface area contributed by atoms with Crippen molar-refractivity contribution in [3.63, 3.8) is 0 Å². The van der Waals surface area contributed by atoms with Crippen LogP contribution in [0.3, 0.4) is 0 Å². The number of fused-ring (bicyclic) bond motifs is 1. The highest BCUT2D eigenvalue weighted by Crippen LogP contribution is 2.25. The van der Waals surface area contributed by atoms with E-state index in [4.69, 9.17) is 11.6 Å². The molecule has 0 amide bonds. The molecule has 1 heterocycles. The lowest BCUT2D eigenvalue weighted by Crippen LogP contribution is -2.03. The van der Waals surface area contributed by atoms with Crippen LogP contribution in [0.4, 0.5) is 10.2 Å². The first-order valence-corrected chi connectivity index (χ1v) is 6.06. The van der Waals surface area contributed by atoms with Crippen molar-refractivity contribution in [2.75, 3.05) is 11.9 Å². The fourth-order valence-corrected chi connectivity index (χ4v) is 1.97. The lowest BCUT2D eigenvalue weighted by atomic mass is 10.1. The summed E-state index contributed by atoms with van der Waals surface area (Å²) in [5.41, 5.74) is 1.74. The first-order chi connectivity index (χ1) is 8.15. The second-order valence-electron chi connectivity index (χ2n) is 3.84. The zero-order valence-electron chi connectivity index (χ0n) is 9.85. The topological polar surface area (TPSA) is 24.9 Å². The third-order valence-corrected chi connectivity index (χ3v) is 2.95. The van der Waals surface area contributed by atoms with E-state index in [2.05, 4.69) is 17.2 Å². The molecular formula is C13H14ClFN2. The molecule has 0 bridgehead atoms. The number of hydrogen-bond donors (Lipinski definition) is 1. The van der Waals surface area contributed by atoms with Crippen LogP contribution in [0.2, 0.25) is 5.02 Å². The number of halogens is 2. The van der Waals surface area contributed by atoms with E-state index < -0.39 is 5.82 Å². The van der Waals surface area contributed by atoms with Crippen molar-refractivity contribution in [3.8, 4) is 0 Å². The standard InChI is InChI=1S/C13H14ClFN2/c1-3-8-5-9-6-10(14)11(15)7-12(9)17-13(8)16-4-2/h5-7H,3-4H2,1-2H3,(H,16,17). The summed E-state index contributed by atoms with van der Waals surface area (Å²) < 4.78 is 13.4. The number of aromatic nitrogens is 1. The number of rotatable bonds is 3. The molecule has 0 atom stereocenters. The van der Waals surface area contributed by atoms with Gasteiger partial charge in [0.15, 0.2) is 0 Å². The zero-order valence-corrected chi connectivity index (χ0v) is 10.6. The molecule has 0 aliphatic carbocycles. The Morgan fingerprint density at radius 2 is 2.06 bits per heavy atom. The van der Waals surface area contributed by atoms with Gasteiger partial charge in [-0.25, -0.2) is 9.37 Å². The van der Waals surface area contributed by atoms with Crippen molar-refractivity contribution in [1.29, 1.82) is 0 Å². The molecule has 0 unspecified atom stereocenters. The van der Waals surface area contributed by atoms with Crippen molar-refractivity contribution in [2.45, 2.75) is 20.3 Å². The Morgan fingerprint density at radius 1 is 1.29 bits per heavy atom. The smallest absolute Gasteiger partial charge is 0.143 e. The summed E-state index contributed by atoms with van der Waals surface area (Å²) >= 11 is 5.77. The average Bonchev–Trinajstić information content (AvgIpc) is 2.31. The number of benzene rings is 1. The molecular weight excluding hydrogens is 239 g/mol. The maximum atomic E-state index is 13.4. The molecule has 1 N–H and O–H groups in total. The minimum Gasteiger partial charge on any atom is -0.370 e. The monoisotopic (exact) mass is 252 g/mol. The highest BCUT2D eigenvalue weighted by molar-refractivity contribution is 6.31. The molecule has 0 fully saturated rings. The molecule has 2 nitrogen and oxygen atoms in total. The van der Waals surface area contributed by atoms with Gasteiger partial charge in [-0.2, -0.15) is 0 Å². The maximum absolute atomic E-state index is 13.4. The maximum Gasteiger partial charge on any atom is 0.143 e. The molecule has 0 saturated carbocycles. The molecule has 90 valence electrons. The van der Waals surface area contributed by atoms with Gasteiger partial charge in [0.25, 0.3) is 0 Å². The Hall–Kier alpha value is -1.35. The first-order valence-electron chi connectivity index (χ1n) is 5.68. The van der Waals surface area contributed by atoms with Crippen LogP contribution in [0.15, 0.2) is 18.2 Å². The number of anilines is 1. The summed E-state index contributed by atoms with van der Waals surface area (Å²) in [6.45, 7) is 4.87. The largest absolute Gasteiger partial charge is 0.370 e. The molecule has 0 radical (unpaired) electrons. The summed E-state index contributed by atoms with van der Waals surface area (Å²) in [5.74, 6) is 0.391. The molecule has 0 saturated heterocycles. The highest BCUT2D eigenvalue weighted by Gasteiger charge is 2.08. The van der Waals surface area contributed by atoms with E-state index in [1.54, 1.807) is 6.07 Å². The Balaban J connectivity index is 2.65. The SMILES string of the molecule is CCNc1nc2cc(F)c(Cl)cc2cc1CC. The van der Waals surface area contributed by atoms with Gasteiger partial charge in [0.1, 0.15) is 11.6 Å². The van der Waals surface area contributed by atoms with Gasteiger partial charge in [0, 0.05) is 18.0 Å². The van der Waals surface area contributed by atoms with E-state index in [-0.39, 0.29) is 5.02 Å². The Bertz CT molecular complexity index is 555. The Kier molecular flexibility index (Phi) is 3.48. The van der Waals surface area contributed by atoms with Crippen LogP contribution in [0, 0.1) is 5.82 Å². The van der Waals surface area contributed by atoms with Gasteiger partial charge >= 0.3 is 0 Å². The van der Waals surface area contributed by atoms with Crippen molar-refractivity contribution in [3.05, 3.63) is 34.6 Å². The van der Waals surface area contributed by atoms with Crippen LogP contribution in [-0.2, 0) is 6.42 Å². The lowest BCUT2D eigenvalue weighted by Gasteiger charge is -2.10. The minimum absolute atomic E-state index is 0.137. The predicted octanol–water partition coefficient (Wildman–Crippen LogP) is 4.02. The van der Waals surface area contributed by atoms with E-state index in [0.29, 0.717) is 5.52 Å². The second kappa shape index (κ2) is 4.88. The van der Waals surface area contributed by atoms with E-state index >= 15 is 0 Å². The van der Waals surface area contributed by atoms with Gasteiger partial charge in [-0.1, -0.05) is 18.5 Å². The van der Waals surface area contributed by atoms with Crippen molar-refractivity contribution < 1.29 is 4.39 Å². The molecule has 0 aliphatic heterocycles. The van der Waals surface area contributed by atoms with Gasteiger partial charge in [0.05, 0.1) is 10.5 Å². The summed E-state index contributed by atoms with van der Waals surface area (Å²) in [7, 11) is 0. The first kappa shape index (κ1) is 12.1. The fourth-order valence-electron chi connectivity index (χ4n) is 1.80. The number of nitrogens with zero attached hydrogens (tertiary/aromatic N) is 1. The van der Waals surface area contributed by atoms with E-state index in [1.165, 1.54) is 6.07 Å². The predicted molar refractivity (Wildman–Crippen MR) is 70.3 cm³/mol. The van der Waals surface area contributed by atoms with E-state index in [9.17, 15) is 4.39 Å². The van der Waals surface area contributed by atoms with Crippen molar-refractivity contribution in [1.82, 2.24) is 4.98 Å². The van der Waals surface area contributed by atoms with Crippen molar-refractivity contribution >= 4 is 28.3 Å². The van der Waals surface area contributed by atoms with E-state index in [1.807, 2.05) is 13.0 Å². The van der Waals surface area contributed by atoms with Crippen LogP contribution in [0.1, 0.15) is 19.4 Å². The molecule has 0 aliphatic rings. The molecule has 4 heteroatoms. The van der Waals surface area contributed by atoms with Crippen molar-refractivity contribution in [2.24, 2.45) is 0 Å². The number of hydrogen-bond acceptors (Lipinski definition) is 2. The minimum atomic E-state index is -0.432. The van der Waals surface area contributed by atoms with Gasteiger partial charge in [-0.15, -0.1) is 0 Å². The van der Waals surface area contributed by atoms with Crippen LogP contribution < -0.4 is 5.32 Å². The molecule has 17 heavy (non-hydrogen) atoms. The normalized spacial score (nSPS) is 10.8. The number of nitrogens with one attached hydrogen (secondary N) is 1. The van der Waals surface area contributed by atoms with Gasteiger partial charge in [-0.3, -0.25) is 0 Å². The van der Waals surface area contributed by atoms with Gasteiger partial charge < -0.3 is 5.32 Å². The molecule has 2 rings (SSSR count). The van der Waals surface area contributed by atoms with Gasteiger partial charge in [0.2, 0.25) is 0 Å². The molecule has 2 aromatic rings. The fraction of sp³-hybridized carbons (Fsp3) is 0.308. The number of aryl methyl sites for hydroxylation is 1.